The van der Waals surface area contributed by atoms with Gasteiger partial charge in [-0.2, -0.15) is 0 Å². The highest BCUT2D eigenvalue weighted by molar-refractivity contribution is 6.69. The first-order chi connectivity index (χ1) is 21.1. The topological polar surface area (TPSA) is 109 Å². The molecule has 0 spiro atoms. The molecule has 8 nitrogen and oxygen atoms in total. The Bertz CT molecular complexity index is 1950. The Morgan fingerprint density at radius 1 is 0.841 bits per heavy atom. The van der Waals surface area contributed by atoms with Crippen molar-refractivity contribution in [2.75, 3.05) is 0 Å². The third-order valence-electron chi connectivity index (χ3n) is 10.3. The van der Waals surface area contributed by atoms with E-state index in [9.17, 15) is 20.2 Å². The average Bonchev–Trinajstić information content (AvgIpc) is 3.62. The summed E-state index contributed by atoms with van der Waals surface area (Å²) in [7, 11) is 0. The molecule has 0 radical (unpaired) electrons. The largest absolute Gasteiger partial charge is 0.455 e. The van der Waals surface area contributed by atoms with Crippen molar-refractivity contribution in [2.45, 2.75) is 57.9 Å². The Balaban J connectivity index is 1.14. The molecule has 1 aliphatic carbocycles. The predicted molar refractivity (Wildman–Crippen MR) is 172 cm³/mol. The first-order valence-electron chi connectivity index (χ1n) is 15.2. The summed E-state index contributed by atoms with van der Waals surface area (Å²) in [5, 5.41) is 26.2. The quantitative estimate of drug-likeness (QED) is 0.102. The zero-order chi connectivity index (χ0) is 30.8. The van der Waals surface area contributed by atoms with Gasteiger partial charge in [0, 0.05) is 33.4 Å². The van der Waals surface area contributed by atoms with Gasteiger partial charge in [0.05, 0.1) is 21.0 Å². The molecule has 3 atom stereocenters. The van der Waals surface area contributed by atoms with Crippen LogP contribution in [0.5, 0.6) is 0 Å². The van der Waals surface area contributed by atoms with Crippen LogP contribution in [0.1, 0.15) is 51.5 Å². The molecule has 5 aromatic rings. The molecule has 2 unspecified atom stereocenters. The molecule has 7 rings (SSSR count). The number of rotatable bonds is 8. The summed E-state index contributed by atoms with van der Waals surface area (Å²) in [6, 6.07) is 26.1. The van der Waals surface area contributed by atoms with Gasteiger partial charge in [0.15, 0.2) is 0 Å². The van der Waals surface area contributed by atoms with E-state index < -0.39 is 5.60 Å². The van der Waals surface area contributed by atoms with Gasteiger partial charge < -0.3 is 9.07 Å². The maximum Gasteiger partial charge on any atom is 0.335 e. The lowest BCUT2D eigenvalue weighted by atomic mass is 9.53. The molecule has 1 aliphatic heterocycles. The van der Waals surface area contributed by atoms with E-state index in [-0.39, 0.29) is 39.5 Å². The maximum absolute atomic E-state index is 12.6. The Morgan fingerprint density at radius 2 is 1.55 bits per heavy atom. The van der Waals surface area contributed by atoms with Crippen molar-refractivity contribution in [2.24, 2.45) is 11.3 Å². The lowest BCUT2D eigenvalue weighted by Crippen LogP contribution is -2.39. The van der Waals surface area contributed by atoms with Gasteiger partial charge in [-0.25, -0.2) is 0 Å². The van der Waals surface area contributed by atoms with Crippen LogP contribution in [-0.2, 0) is 4.65 Å². The molecule has 0 N–H and O–H groups in total. The molecule has 2 heterocycles. The number of fused-ring (bicyclic) bond motifs is 3. The number of benzene rings is 4. The second kappa shape index (κ2) is 10.3. The van der Waals surface area contributed by atoms with Crippen molar-refractivity contribution in [3.05, 3.63) is 111 Å². The van der Waals surface area contributed by atoms with E-state index in [2.05, 4.69) is 20.8 Å². The molecule has 2 aliphatic rings. The summed E-state index contributed by atoms with van der Waals surface area (Å²) < 4.78 is 12.9. The number of hydrogen-bond acceptors (Lipinski definition) is 6. The molecule has 222 valence electrons. The molecule has 1 saturated carbocycles. The van der Waals surface area contributed by atoms with Crippen molar-refractivity contribution in [1.29, 1.82) is 0 Å². The summed E-state index contributed by atoms with van der Waals surface area (Å²) in [4.78, 5) is 23.7. The third kappa shape index (κ3) is 4.58. The highest BCUT2D eigenvalue weighted by Gasteiger charge is 2.54. The highest BCUT2D eigenvalue weighted by atomic mass is 16.6. The minimum atomic E-state index is -0.487. The lowest BCUT2D eigenvalue weighted by molar-refractivity contribution is -0.384. The van der Waals surface area contributed by atoms with Crippen LogP contribution in [0.2, 0.25) is 6.32 Å². The van der Waals surface area contributed by atoms with Crippen molar-refractivity contribution < 1.29 is 18.9 Å². The van der Waals surface area contributed by atoms with Crippen molar-refractivity contribution in [1.82, 2.24) is 0 Å². The third-order valence-corrected chi connectivity index (χ3v) is 10.3. The SMILES string of the molecule is CC1(C)CB(c2ccccc2[N+](=O)[O-])OC1(C)CCC1C[C@@H]1c1cccc(-c2cccc3c2oc2ccccc23)c1[N+](=O)[O-]. The van der Waals surface area contributed by atoms with Gasteiger partial charge in [-0.05, 0) is 61.9 Å². The van der Waals surface area contributed by atoms with Gasteiger partial charge in [0.25, 0.3) is 11.4 Å². The smallest absolute Gasteiger partial charge is 0.335 e. The van der Waals surface area contributed by atoms with Gasteiger partial charge in [-0.3, -0.25) is 20.2 Å². The molecule has 9 heteroatoms. The number of hydrogen-bond donors (Lipinski definition) is 0. The van der Waals surface area contributed by atoms with E-state index in [1.807, 2.05) is 66.7 Å². The minimum absolute atomic E-state index is 0.0874. The van der Waals surface area contributed by atoms with Gasteiger partial charge in [-0.1, -0.05) is 80.6 Å². The first kappa shape index (κ1) is 28.3. The van der Waals surface area contributed by atoms with Gasteiger partial charge in [0.1, 0.15) is 11.2 Å². The summed E-state index contributed by atoms with van der Waals surface area (Å²) in [6.45, 7) is 6.08. The van der Waals surface area contributed by atoms with E-state index in [4.69, 9.17) is 9.07 Å². The summed E-state index contributed by atoms with van der Waals surface area (Å²) >= 11 is 0. The summed E-state index contributed by atoms with van der Waals surface area (Å²) in [5.74, 6) is 0.386. The van der Waals surface area contributed by atoms with Crippen molar-refractivity contribution in [3.8, 4) is 11.1 Å². The zero-order valence-corrected chi connectivity index (χ0v) is 25.0. The number of nitro benzene ring substituents is 2. The Hall–Kier alpha value is -4.50. The molecule has 0 bridgehead atoms. The Morgan fingerprint density at radius 3 is 2.34 bits per heavy atom. The number of para-hydroxylation sites is 4. The molecule has 2 fully saturated rings. The van der Waals surface area contributed by atoms with Crippen LogP contribution in [0.15, 0.2) is 89.3 Å². The minimum Gasteiger partial charge on any atom is -0.455 e. The second-order valence-corrected chi connectivity index (χ2v) is 13.2. The second-order valence-electron chi connectivity index (χ2n) is 13.2. The molecule has 1 saturated heterocycles. The van der Waals surface area contributed by atoms with E-state index in [1.54, 1.807) is 12.1 Å². The van der Waals surface area contributed by atoms with Crippen LogP contribution in [0.25, 0.3) is 33.1 Å². The van der Waals surface area contributed by atoms with Crippen LogP contribution in [0.3, 0.4) is 0 Å². The van der Waals surface area contributed by atoms with E-state index in [0.717, 1.165) is 46.7 Å². The highest BCUT2D eigenvalue weighted by Crippen LogP contribution is 2.57. The molecular weight excluding hydrogens is 555 g/mol. The number of furan rings is 1. The van der Waals surface area contributed by atoms with Crippen molar-refractivity contribution in [3.63, 3.8) is 0 Å². The molecule has 4 aromatic carbocycles. The molecule has 44 heavy (non-hydrogen) atoms. The lowest BCUT2D eigenvalue weighted by Gasteiger charge is -2.38. The van der Waals surface area contributed by atoms with E-state index in [0.29, 0.717) is 28.8 Å². The summed E-state index contributed by atoms with van der Waals surface area (Å²) in [6.07, 6.45) is 3.19. The van der Waals surface area contributed by atoms with Crippen molar-refractivity contribution >= 4 is 45.7 Å². The summed E-state index contributed by atoms with van der Waals surface area (Å²) in [5.41, 5.74) is 3.63. The molecular formula is C35H33BN2O6. The maximum atomic E-state index is 12.6. The molecule has 1 aromatic heterocycles. The normalized spacial score (nSPS) is 22.5. The Kier molecular flexibility index (Phi) is 6.62. The van der Waals surface area contributed by atoms with Gasteiger partial charge >= 0.3 is 6.92 Å². The van der Waals surface area contributed by atoms with E-state index in [1.165, 1.54) is 6.07 Å². The molecule has 0 amide bonds. The van der Waals surface area contributed by atoms with Crippen LogP contribution in [-0.4, -0.2) is 22.4 Å². The fraction of sp³-hybridized carbons (Fsp3) is 0.314. The zero-order valence-electron chi connectivity index (χ0n) is 25.0. The number of nitrogens with zero attached hydrogens (tertiary/aromatic N) is 2. The number of nitro groups is 2. The van der Waals surface area contributed by atoms with E-state index >= 15 is 0 Å². The van der Waals surface area contributed by atoms with Crippen LogP contribution < -0.4 is 5.46 Å². The predicted octanol–water partition coefficient (Wildman–Crippen LogP) is 8.67. The standard InChI is InChI=1S/C35H33BN2O6/c1-34(2)21-36(29-15-5-6-16-30(29)37(39)40)44-35(34,3)19-18-22-20-28(22)25-12-8-11-24(32(25)38(41)42)27-14-9-13-26-23-10-4-7-17-31(23)43-33(26)27/h4-17,22,28H,18-21H2,1-3H3/t22?,28-,35?/m0/s1. The van der Waals surface area contributed by atoms with Crippen LogP contribution in [0, 0.1) is 31.6 Å². The fourth-order valence-corrected chi connectivity index (χ4v) is 7.34. The first-order valence-corrected chi connectivity index (χ1v) is 15.2. The van der Waals surface area contributed by atoms with Gasteiger partial charge in [-0.15, -0.1) is 0 Å². The van der Waals surface area contributed by atoms with Crippen LogP contribution >= 0.6 is 0 Å². The fourth-order valence-electron chi connectivity index (χ4n) is 7.34. The monoisotopic (exact) mass is 588 g/mol. The van der Waals surface area contributed by atoms with Gasteiger partial charge in [0.2, 0.25) is 0 Å². The Labute approximate surface area is 255 Å². The average molecular weight is 588 g/mol. The van der Waals surface area contributed by atoms with Crippen LogP contribution in [0.4, 0.5) is 11.4 Å².